The van der Waals surface area contributed by atoms with Gasteiger partial charge < -0.3 is 9.47 Å². The van der Waals surface area contributed by atoms with Gasteiger partial charge in [0.1, 0.15) is 18.5 Å². The summed E-state index contributed by atoms with van der Waals surface area (Å²) in [5.74, 6) is 2.99. The van der Waals surface area contributed by atoms with Gasteiger partial charge in [-0.05, 0) is 31.0 Å². The Labute approximate surface area is 127 Å². The number of thioether (sulfide) groups is 1. The summed E-state index contributed by atoms with van der Waals surface area (Å²) in [4.78, 5) is 2.27. The van der Waals surface area contributed by atoms with E-state index in [9.17, 15) is 0 Å². The fourth-order valence-corrected chi connectivity index (χ4v) is 2.41. The van der Waals surface area contributed by atoms with Gasteiger partial charge in [-0.3, -0.25) is 4.90 Å². The van der Waals surface area contributed by atoms with E-state index in [1.165, 1.54) is 0 Å². The minimum atomic E-state index is 0.140. The zero-order valence-electron chi connectivity index (χ0n) is 12.9. The van der Waals surface area contributed by atoms with E-state index in [1.807, 2.05) is 42.1 Å². The molecule has 0 radical (unpaired) electrons. The van der Waals surface area contributed by atoms with E-state index in [0.29, 0.717) is 13.3 Å². The molecule has 0 spiro atoms. The second-order valence-electron chi connectivity index (χ2n) is 4.50. The van der Waals surface area contributed by atoms with Crippen LogP contribution in [0.3, 0.4) is 0 Å². The van der Waals surface area contributed by atoms with Crippen molar-refractivity contribution in [3.8, 4) is 5.75 Å². The van der Waals surface area contributed by atoms with Gasteiger partial charge in [-0.15, -0.1) is 0 Å². The van der Waals surface area contributed by atoms with E-state index in [0.717, 1.165) is 30.3 Å². The molecule has 1 aromatic carbocycles. The molecule has 0 aliphatic heterocycles. The second kappa shape index (κ2) is 11.0. The number of ether oxygens (including phenoxy) is 2. The molecule has 0 bridgehead atoms. The van der Waals surface area contributed by atoms with Crippen LogP contribution in [0, 0.1) is 0 Å². The van der Waals surface area contributed by atoms with E-state index >= 15 is 0 Å². The van der Waals surface area contributed by atoms with E-state index in [1.54, 1.807) is 0 Å². The minimum Gasteiger partial charge on any atom is -0.491 e. The maximum atomic E-state index is 5.99. The molecule has 0 fully saturated rings. The predicted octanol–water partition coefficient (Wildman–Crippen LogP) is 3.50. The zero-order valence-corrected chi connectivity index (χ0v) is 13.7. The first-order valence-electron chi connectivity index (χ1n) is 7.39. The van der Waals surface area contributed by atoms with Crippen molar-refractivity contribution in [2.75, 3.05) is 37.9 Å². The lowest BCUT2D eigenvalue weighted by molar-refractivity contribution is -0.0263. The summed E-state index contributed by atoms with van der Waals surface area (Å²) >= 11 is 1.89. The summed E-state index contributed by atoms with van der Waals surface area (Å²) in [6, 6.07) is 9.93. The highest BCUT2D eigenvalue weighted by atomic mass is 32.2. The molecule has 1 atom stereocenters. The molecule has 0 N–H and O–H groups in total. The monoisotopic (exact) mass is 297 g/mol. The molecule has 4 heteroatoms. The molecular weight excluding hydrogens is 270 g/mol. The first-order valence-corrected chi connectivity index (χ1v) is 8.55. The number of hydrogen-bond donors (Lipinski definition) is 0. The molecule has 0 saturated carbocycles. The predicted molar refractivity (Wildman–Crippen MR) is 87.6 cm³/mol. The van der Waals surface area contributed by atoms with Crippen molar-refractivity contribution in [2.45, 2.75) is 26.9 Å². The van der Waals surface area contributed by atoms with Crippen LogP contribution in [-0.4, -0.2) is 48.9 Å². The van der Waals surface area contributed by atoms with Crippen LogP contribution in [0.1, 0.15) is 20.8 Å². The lowest BCUT2D eigenvalue weighted by atomic mass is 10.3. The van der Waals surface area contributed by atoms with Gasteiger partial charge in [0.15, 0.2) is 0 Å². The summed E-state index contributed by atoms with van der Waals surface area (Å²) in [6.45, 7) is 9.81. The standard InChI is InChI=1S/C16H27NO2S/c1-4-17(5-2)14-19-16(13-20-6-3)12-18-15-10-8-7-9-11-15/h7-11,16H,4-6,12-14H2,1-3H3. The first kappa shape index (κ1) is 17.3. The lowest BCUT2D eigenvalue weighted by Gasteiger charge is -2.23. The number of rotatable bonds is 11. The van der Waals surface area contributed by atoms with Crippen molar-refractivity contribution in [2.24, 2.45) is 0 Å². The molecular formula is C16H27NO2S. The molecule has 20 heavy (non-hydrogen) atoms. The van der Waals surface area contributed by atoms with Crippen LogP contribution in [-0.2, 0) is 4.74 Å². The molecule has 0 saturated heterocycles. The van der Waals surface area contributed by atoms with Gasteiger partial charge in [-0.2, -0.15) is 11.8 Å². The van der Waals surface area contributed by atoms with Crippen molar-refractivity contribution in [3.63, 3.8) is 0 Å². The third-order valence-corrected chi connectivity index (χ3v) is 4.09. The van der Waals surface area contributed by atoms with Crippen molar-refractivity contribution >= 4 is 11.8 Å². The molecule has 114 valence electrons. The second-order valence-corrected chi connectivity index (χ2v) is 5.82. The maximum Gasteiger partial charge on any atom is 0.119 e. The van der Waals surface area contributed by atoms with E-state index in [2.05, 4.69) is 25.7 Å². The van der Waals surface area contributed by atoms with Gasteiger partial charge in [-0.25, -0.2) is 0 Å². The highest BCUT2D eigenvalue weighted by Crippen LogP contribution is 2.12. The molecule has 1 aromatic rings. The van der Waals surface area contributed by atoms with Crippen molar-refractivity contribution in [3.05, 3.63) is 30.3 Å². The average molecular weight is 297 g/mol. The molecule has 1 unspecified atom stereocenters. The molecule has 1 rings (SSSR count). The number of hydrogen-bond acceptors (Lipinski definition) is 4. The molecule has 0 heterocycles. The van der Waals surface area contributed by atoms with Gasteiger partial charge in [0, 0.05) is 5.75 Å². The molecule has 3 nitrogen and oxygen atoms in total. The zero-order chi connectivity index (χ0) is 14.6. The third kappa shape index (κ3) is 7.17. The van der Waals surface area contributed by atoms with Crippen LogP contribution in [0.2, 0.25) is 0 Å². The van der Waals surface area contributed by atoms with Gasteiger partial charge in [0.05, 0.1) is 6.73 Å². The Balaban J connectivity index is 2.38. The minimum absolute atomic E-state index is 0.140. The Kier molecular flexibility index (Phi) is 9.54. The van der Waals surface area contributed by atoms with Crippen molar-refractivity contribution in [1.29, 1.82) is 0 Å². The van der Waals surface area contributed by atoms with Crippen molar-refractivity contribution < 1.29 is 9.47 Å². The van der Waals surface area contributed by atoms with Gasteiger partial charge in [0.25, 0.3) is 0 Å². The summed E-state index contributed by atoms with van der Waals surface area (Å²) < 4.78 is 11.8. The Bertz CT molecular complexity index is 331. The maximum absolute atomic E-state index is 5.99. The van der Waals surface area contributed by atoms with E-state index < -0.39 is 0 Å². The molecule has 0 aliphatic carbocycles. The van der Waals surface area contributed by atoms with E-state index in [4.69, 9.17) is 9.47 Å². The Morgan fingerprint density at radius 3 is 2.40 bits per heavy atom. The molecule has 0 aliphatic rings. The topological polar surface area (TPSA) is 21.7 Å². The van der Waals surface area contributed by atoms with Gasteiger partial charge in [0.2, 0.25) is 0 Å². The smallest absolute Gasteiger partial charge is 0.119 e. The quantitative estimate of drug-likeness (QED) is 0.583. The Morgan fingerprint density at radius 1 is 1.10 bits per heavy atom. The third-order valence-electron chi connectivity index (χ3n) is 3.07. The SMILES string of the molecule is CCSCC(COc1ccccc1)OCN(CC)CC. The van der Waals surface area contributed by atoms with Crippen LogP contribution in [0.15, 0.2) is 30.3 Å². The summed E-state index contributed by atoms with van der Waals surface area (Å²) in [6.07, 6.45) is 0.140. The average Bonchev–Trinajstić information content (AvgIpc) is 2.51. The Morgan fingerprint density at radius 2 is 1.80 bits per heavy atom. The highest BCUT2D eigenvalue weighted by Gasteiger charge is 2.12. The number of benzene rings is 1. The van der Waals surface area contributed by atoms with Crippen LogP contribution in [0.25, 0.3) is 0 Å². The number of para-hydroxylation sites is 1. The fraction of sp³-hybridized carbons (Fsp3) is 0.625. The summed E-state index contributed by atoms with van der Waals surface area (Å²) in [5, 5.41) is 0. The largest absolute Gasteiger partial charge is 0.491 e. The fourth-order valence-electron chi connectivity index (χ4n) is 1.72. The molecule has 0 amide bonds. The van der Waals surface area contributed by atoms with Crippen LogP contribution >= 0.6 is 11.8 Å². The Hall–Kier alpha value is -0.710. The normalized spacial score (nSPS) is 12.6. The summed E-state index contributed by atoms with van der Waals surface area (Å²) in [7, 11) is 0. The van der Waals surface area contributed by atoms with E-state index in [-0.39, 0.29) is 6.10 Å². The van der Waals surface area contributed by atoms with Crippen LogP contribution < -0.4 is 4.74 Å². The van der Waals surface area contributed by atoms with Crippen LogP contribution in [0.5, 0.6) is 5.75 Å². The lowest BCUT2D eigenvalue weighted by Crippen LogP contribution is -2.33. The van der Waals surface area contributed by atoms with Gasteiger partial charge in [-0.1, -0.05) is 39.0 Å². The highest BCUT2D eigenvalue weighted by molar-refractivity contribution is 7.99. The first-order chi connectivity index (χ1) is 9.80. The van der Waals surface area contributed by atoms with Crippen LogP contribution in [0.4, 0.5) is 0 Å². The molecule has 0 aromatic heterocycles. The summed E-state index contributed by atoms with van der Waals surface area (Å²) in [5.41, 5.74) is 0. The van der Waals surface area contributed by atoms with Gasteiger partial charge >= 0.3 is 0 Å². The number of nitrogens with zero attached hydrogens (tertiary/aromatic N) is 1. The van der Waals surface area contributed by atoms with Crippen molar-refractivity contribution in [1.82, 2.24) is 4.90 Å².